The van der Waals surface area contributed by atoms with Gasteiger partial charge in [0.2, 0.25) is 0 Å². The average Bonchev–Trinajstić information content (AvgIpc) is 2.42. The molecule has 1 unspecified atom stereocenters. The smallest absolute Gasteiger partial charge is 0.269 e. The van der Waals surface area contributed by atoms with Crippen LogP contribution in [0.2, 0.25) is 0 Å². The molecule has 5 heteroatoms. The number of hydrogen-bond acceptors (Lipinski definition) is 3. The number of halogens is 1. The molecule has 104 valence electrons. The molecule has 0 spiro atoms. The van der Waals surface area contributed by atoms with Crippen LogP contribution in [0.3, 0.4) is 0 Å². The lowest BCUT2D eigenvalue weighted by Gasteiger charge is -2.17. The maximum atomic E-state index is 10.6. The highest BCUT2D eigenvalue weighted by Crippen LogP contribution is 2.25. The average molecular weight is 335 g/mol. The first-order valence-electron chi connectivity index (χ1n) is 6.24. The maximum absolute atomic E-state index is 10.6. The van der Waals surface area contributed by atoms with Crippen LogP contribution in [-0.2, 0) is 0 Å². The normalized spacial score (nSPS) is 11.9. The first kappa shape index (κ1) is 14.5. The molecule has 0 amide bonds. The number of benzene rings is 2. The molecule has 2 rings (SSSR count). The quantitative estimate of drug-likeness (QED) is 0.642. The largest absolute Gasteiger partial charge is 0.378 e. The van der Waals surface area contributed by atoms with E-state index in [1.165, 1.54) is 12.1 Å². The van der Waals surface area contributed by atoms with Gasteiger partial charge in [0.05, 0.1) is 4.92 Å². The fourth-order valence-corrected chi connectivity index (χ4v) is 2.47. The van der Waals surface area contributed by atoms with E-state index in [1.807, 2.05) is 32.0 Å². The molecular formula is C15H15BrN2O2. The standard InChI is InChI=1S/C15H15BrN2O2/c1-10-9-13(16)5-8-15(10)17-11(2)12-3-6-14(7-4-12)18(19)20/h3-9,11,17H,1-2H3. The van der Waals surface area contributed by atoms with Crippen LogP contribution in [0.1, 0.15) is 24.1 Å². The lowest BCUT2D eigenvalue weighted by Crippen LogP contribution is -2.07. The summed E-state index contributed by atoms with van der Waals surface area (Å²) in [5, 5.41) is 14.0. The minimum atomic E-state index is -0.388. The summed E-state index contributed by atoms with van der Waals surface area (Å²) < 4.78 is 1.04. The molecule has 0 aliphatic carbocycles. The summed E-state index contributed by atoms with van der Waals surface area (Å²) in [4.78, 5) is 10.2. The number of rotatable bonds is 4. The zero-order valence-corrected chi connectivity index (χ0v) is 12.8. The zero-order valence-electron chi connectivity index (χ0n) is 11.3. The lowest BCUT2D eigenvalue weighted by atomic mass is 10.1. The molecule has 0 aliphatic heterocycles. The van der Waals surface area contributed by atoms with Gasteiger partial charge in [-0.25, -0.2) is 0 Å². The molecule has 0 fully saturated rings. The number of nitro groups is 1. The predicted molar refractivity (Wildman–Crippen MR) is 84.0 cm³/mol. The third-order valence-electron chi connectivity index (χ3n) is 3.16. The van der Waals surface area contributed by atoms with Crippen molar-refractivity contribution in [2.24, 2.45) is 0 Å². The van der Waals surface area contributed by atoms with E-state index in [2.05, 4.69) is 21.2 Å². The van der Waals surface area contributed by atoms with Crippen LogP contribution in [-0.4, -0.2) is 4.92 Å². The molecule has 4 nitrogen and oxygen atoms in total. The summed E-state index contributed by atoms with van der Waals surface area (Å²) in [7, 11) is 0. The van der Waals surface area contributed by atoms with Crippen molar-refractivity contribution >= 4 is 27.3 Å². The summed E-state index contributed by atoms with van der Waals surface area (Å²) in [6, 6.07) is 12.7. The summed E-state index contributed by atoms with van der Waals surface area (Å²) in [5.74, 6) is 0. The van der Waals surface area contributed by atoms with Crippen LogP contribution < -0.4 is 5.32 Å². The maximum Gasteiger partial charge on any atom is 0.269 e. The van der Waals surface area contributed by atoms with Crippen LogP contribution in [0, 0.1) is 17.0 Å². The fourth-order valence-electron chi connectivity index (χ4n) is 1.99. The molecule has 2 aromatic carbocycles. The van der Waals surface area contributed by atoms with E-state index in [9.17, 15) is 10.1 Å². The SMILES string of the molecule is Cc1cc(Br)ccc1NC(C)c1ccc([N+](=O)[O-])cc1. The van der Waals surface area contributed by atoms with Gasteiger partial charge in [-0.15, -0.1) is 0 Å². The molecule has 2 aromatic rings. The Kier molecular flexibility index (Phi) is 4.39. The van der Waals surface area contributed by atoms with Gasteiger partial charge in [-0.05, 0) is 43.2 Å². The Morgan fingerprint density at radius 3 is 2.40 bits per heavy atom. The van der Waals surface area contributed by atoms with Crippen LogP contribution in [0.25, 0.3) is 0 Å². The molecule has 0 aromatic heterocycles. The molecule has 20 heavy (non-hydrogen) atoms. The third kappa shape index (κ3) is 3.36. The van der Waals surface area contributed by atoms with E-state index in [1.54, 1.807) is 12.1 Å². The van der Waals surface area contributed by atoms with Gasteiger partial charge in [-0.2, -0.15) is 0 Å². The van der Waals surface area contributed by atoms with Gasteiger partial charge in [-0.1, -0.05) is 28.1 Å². The van der Waals surface area contributed by atoms with Crippen molar-refractivity contribution in [3.05, 3.63) is 68.2 Å². The molecule has 0 radical (unpaired) electrons. The highest BCUT2D eigenvalue weighted by atomic mass is 79.9. The lowest BCUT2D eigenvalue weighted by molar-refractivity contribution is -0.384. The summed E-state index contributed by atoms with van der Waals surface area (Å²) in [5.41, 5.74) is 3.32. The van der Waals surface area contributed by atoms with Crippen LogP contribution in [0.15, 0.2) is 46.9 Å². The number of hydrogen-bond donors (Lipinski definition) is 1. The minimum Gasteiger partial charge on any atom is -0.378 e. The van der Waals surface area contributed by atoms with Gasteiger partial charge < -0.3 is 5.32 Å². The zero-order chi connectivity index (χ0) is 14.7. The van der Waals surface area contributed by atoms with Crippen molar-refractivity contribution in [2.45, 2.75) is 19.9 Å². The number of nitrogens with zero attached hydrogens (tertiary/aromatic N) is 1. The highest BCUT2D eigenvalue weighted by Gasteiger charge is 2.10. The molecule has 1 atom stereocenters. The van der Waals surface area contributed by atoms with E-state index < -0.39 is 0 Å². The van der Waals surface area contributed by atoms with E-state index in [0.29, 0.717) is 0 Å². The molecule has 0 saturated heterocycles. The molecule has 1 N–H and O–H groups in total. The van der Waals surface area contributed by atoms with Gasteiger partial charge in [0.15, 0.2) is 0 Å². The first-order chi connectivity index (χ1) is 9.47. The third-order valence-corrected chi connectivity index (χ3v) is 3.66. The van der Waals surface area contributed by atoms with Crippen LogP contribution in [0.5, 0.6) is 0 Å². The Morgan fingerprint density at radius 1 is 1.20 bits per heavy atom. The Balaban J connectivity index is 2.15. The number of aryl methyl sites for hydroxylation is 1. The molecule has 0 saturated carbocycles. The number of nitro benzene ring substituents is 1. The molecular weight excluding hydrogens is 320 g/mol. The molecule has 0 aliphatic rings. The van der Waals surface area contributed by atoms with E-state index >= 15 is 0 Å². The molecule has 0 heterocycles. The van der Waals surface area contributed by atoms with Crippen molar-refractivity contribution in [1.82, 2.24) is 0 Å². The van der Waals surface area contributed by atoms with Crippen molar-refractivity contribution in [3.63, 3.8) is 0 Å². The molecule has 0 bridgehead atoms. The summed E-state index contributed by atoms with van der Waals surface area (Å²) in [6.07, 6.45) is 0. The van der Waals surface area contributed by atoms with Gasteiger partial charge in [0.25, 0.3) is 5.69 Å². The van der Waals surface area contributed by atoms with Crippen LogP contribution in [0.4, 0.5) is 11.4 Å². The van der Waals surface area contributed by atoms with Crippen molar-refractivity contribution < 1.29 is 4.92 Å². The van der Waals surface area contributed by atoms with Crippen molar-refractivity contribution in [2.75, 3.05) is 5.32 Å². The van der Waals surface area contributed by atoms with Crippen molar-refractivity contribution in [1.29, 1.82) is 0 Å². The van der Waals surface area contributed by atoms with E-state index in [0.717, 1.165) is 21.3 Å². The number of non-ortho nitro benzene ring substituents is 1. The van der Waals surface area contributed by atoms with E-state index in [-0.39, 0.29) is 16.7 Å². The predicted octanol–water partition coefficient (Wildman–Crippen LogP) is 4.84. The van der Waals surface area contributed by atoms with Gasteiger partial charge in [0, 0.05) is 28.3 Å². The first-order valence-corrected chi connectivity index (χ1v) is 7.03. The minimum absolute atomic E-state index is 0.0793. The summed E-state index contributed by atoms with van der Waals surface area (Å²) >= 11 is 3.44. The number of anilines is 1. The second-order valence-corrected chi connectivity index (χ2v) is 5.59. The Morgan fingerprint density at radius 2 is 1.85 bits per heavy atom. The monoisotopic (exact) mass is 334 g/mol. The topological polar surface area (TPSA) is 55.2 Å². The fraction of sp³-hybridized carbons (Fsp3) is 0.200. The highest BCUT2D eigenvalue weighted by molar-refractivity contribution is 9.10. The summed E-state index contributed by atoms with van der Waals surface area (Å²) in [6.45, 7) is 4.07. The van der Waals surface area contributed by atoms with Crippen molar-refractivity contribution in [3.8, 4) is 0 Å². The van der Waals surface area contributed by atoms with Gasteiger partial charge in [-0.3, -0.25) is 10.1 Å². The second-order valence-electron chi connectivity index (χ2n) is 4.67. The van der Waals surface area contributed by atoms with E-state index in [4.69, 9.17) is 0 Å². The van der Waals surface area contributed by atoms with Crippen LogP contribution >= 0.6 is 15.9 Å². The Labute approximate surface area is 126 Å². The Hall–Kier alpha value is -1.88. The second kappa shape index (κ2) is 6.05. The number of nitrogens with one attached hydrogen (secondary N) is 1. The van der Waals surface area contributed by atoms with Gasteiger partial charge in [0.1, 0.15) is 0 Å². The van der Waals surface area contributed by atoms with Gasteiger partial charge >= 0.3 is 0 Å². The Bertz CT molecular complexity index is 626.